The Bertz CT molecular complexity index is 539. The van der Waals surface area contributed by atoms with Crippen molar-refractivity contribution < 1.29 is 19.1 Å². The Morgan fingerprint density at radius 3 is 2.91 bits per heavy atom. The number of hydrogen-bond acceptors (Lipinski definition) is 4. The van der Waals surface area contributed by atoms with Crippen LogP contribution >= 0.6 is 0 Å². The van der Waals surface area contributed by atoms with Crippen LogP contribution in [0.4, 0.5) is 0 Å². The molecule has 4 atom stereocenters. The third kappa shape index (κ3) is 2.24. The molecule has 1 aliphatic carbocycles. The van der Waals surface area contributed by atoms with Crippen LogP contribution in [0, 0.1) is 11.8 Å². The van der Waals surface area contributed by atoms with Gasteiger partial charge < -0.3 is 14.4 Å². The molecule has 0 unspecified atom stereocenters. The predicted molar refractivity (Wildman–Crippen MR) is 83.6 cm³/mol. The van der Waals surface area contributed by atoms with Crippen LogP contribution in [0.1, 0.15) is 45.4 Å². The average Bonchev–Trinajstić information content (AvgIpc) is 3.22. The van der Waals surface area contributed by atoms with E-state index in [1.807, 2.05) is 24.0 Å². The van der Waals surface area contributed by atoms with Crippen molar-refractivity contribution in [2.75, 3.05) is 13.2 Å². The zero-order chi connectivity index (χ0) is 16.0. The summed E-state index contributed by atoms with van der Waals surface area (Å²) in [5, 5.41) is 0. The van der Waals surface area contributed by atoms with E-state index in [0.717, 1.165) is 19.3 Å². The number of carbonyl (C=O) groups excluding carboxylic acids is 2. The molecule has 3 heterocycles. The van der Waals surface area contributed by atoms with Gasteiger partial charge in [0.1, 0.15) is 11.5 Å². The van der Waals surface area contributed by atoms with E-state index in [1.54, 1.807) is 0 Å². The zero-order valence-electron chi connectivity index (χ0n) is 13.7. The number of hydrogen-bond donors (Lipinski definition) is 0. The van der Waals surface area contributed by atoms with Gasteiger partial charge in [-0.25, -0.2) is 0 Å². The molecular formula is C18H25NO4. The Kier molecular flexibility index (Phi) is 3.71. The van der Waals surface area contributed by atoms with Gasteiger partial charge in [-0.3, -0.25) is 9.59 Å². The summed E-state index contributed by atoms with van der Waals surface area (Å²) in [6.07, 6.45) is 10.3. The third-order valence-corrected chi connectivity index (χ3v) is 5.87. The molecule has 4 rings (SSSR count). The van der Waals surface area contributed by atoms with Crippen LogP contribution in [0.15, 0.2) is 12.2 Å². The number of rotatable bonds is 4. The lowest BCUT2D eigenvalue weighted by Gasteiger charge is -2.32. The molecule has 23 heavy (non-hydrogen) atoms. The molecule has 2 bridgehead atoms. The number of fused-ring (bicyclic) bond motifs is 1. The fraction of sp³-hybridized carbons (Fsp3) is 0.778. The third-order valence-electron chi connectivity index (χ3n) is 5.87. The highest BCUT2D eigenvalue weighted by molar-refractivity contribution is 5.91. The van der Waals surface area contributed by atoms with Crippen molar-refractivity contribution in [1.82, 2.24) is 4.90 Å². The van der Waals surface area contributed by atoms with Gasteiger partial charge in [0.05, 0.1) is 25.2 Å². The van der Waals surface area contributed by atoms with Crippen molar-refractivity contribution in [3.63, 3.8) is 0 Å². The first-order valence-corrected chi connectivity index (χ1v) is 9.00. The number of esters is 1. The minimum atomic E-state index is -0.588. The molecule has 126 valence electrons. The van der Waals surface area contributed by atoms with Crippen molar-refractivity contribution in [3.05, 3.63) is 12.2 Å². The highest BCUT2D eigenvalue weighted by Crippen LogP contribution is 2.53. The molecule has 4 aliphatic rings. The molecule has 0 radical (unpaired) electrons. The molecule has 3 fully saturated rings. The SMILES string of the molecule is CCCOC(=O)[C@@H]1[C@H]2C(=O)N(C3CCCCC3)C[C@]23C=C[C@H]1O3. The summed E-state index contributed by atoms with van der Waals surface area (Å²) in [6, 6.07) is 0.319. The second kappa shape index (κ2) is 5.62. The van der Waals surface area contributed by atoms with Crippen LogP contribution in [0.2, 0.25) is 0 Å². The number of amides is 1. The van der Waals surface area contributed by atoms with Gasteiger partial charge in [0.25, 0.3) is 0 Å². The second-order valence-electron chi connectivity index (χ2n) is 7.33. The van der Waals surface area contributed by atoms with Gasteiger partial charge in [0, 0.05) is 6.04 Å². The van der Waals surface area contributed by atoms with Crippen molar-refractivity contribution >= 4 is 11.9 Å². The van der Waals surface area contributed by atoms with Gasteiger partial charge in [0.2, 0.25) is 5.91 Å². The Morgan fingerprint density at radius 1 is 1.39 bits per heavy atom. The van der Waals surface area contributed by atoms with Gasteiger partial charge >= 0.3 is 5.97 Å². The standard InChI is InChI=1S/C18H25NO4/c1-2-10-22-17(21)14-13-8-9-18(23-13)11-19(16(20)15(14)18)12-6-4-3-5-7-12/h8-9,12-15H,2-7,10-11H2,1H3/t13-,14+,15+,18-/m1/s1. The monoisotopic (exact) mass is 319 g/mol. The Morgan fingerprint density at radius 2 is 2.17 bits per heavy atom. The summed E-state index contributed by atoms with van der Waals surface area (Å²) < 4.78 is 11.5. The lowest BCUT2D eigenvalue weighted by Crippen LogP contribution is -2.42. The van der Waals surface area contributed by atoms with Gasteiger partial charge in [-0.05, 0) is 19.3 Å². The van der Waals surface area contributed by atoms with Crippen molar-refractivity contribution in [1.29, 1.82) is 0 Å². The average molecular weight is 319 g/mol. The predicted octanol–water partition coefficient (Wildman–Crippen LogP) is 2.05. The van der Waals surface area contributed by atoms with Gasteiger partial charge in [-0.15, -0.1) is 0 Å². The summed E-state index contributed by atoms with van der Waals surface area (Å²) in [4.78, 5) is 27.5. The van der Waals surface area contributed by atoms with Gasteiger partial charge in [-0.2, -0.15) is 0 Å². The quantitative estimate of drug-likeness (QED) is 0.588. The first kappa shape index (κ1) is 15.2. The van der Waals surface area contributed by atoms with E-state index in [-0.39, 0.29) is 23.9 Å². The van der Waals surface area contributed by atoms with E-state index in [9.17, 15) is 9.59 Å². The van der Waals surface area contributed by atoms with Crippen LogP contribution in [0.3, 0.4) is 0 Å². The Labute approximate surface area is 137 Å². The maximum absolute atomic E-state index is 13.1. The first-order chi connectivity index (χ1) is 11.2. The summed E-state index contributed by atoms with van der Waals surface area (Å²) >= 11 is 0. The van der Waals surface area contributed by atoms with Crippen molar-refractivity contribution in [2.24, 2.45) is 11.8 Å². The van der Waals surface area contributed by atoms with E-state index in [1.165, 1.54) is 19.3 Å². The van der Waals surface area contributed by atoms with E-state index in [2.05, 4.69) is 0 Å². The maximum Gasteiger partial charge on any atom is 0.312 e. The van der Waals surface area contributed by atoms with E-state index < -0.39 is 11.5 Å². The lowest BCUT2D eigenvalue weighted by atomic mass is 9.77. The summed E-state index contributed by atoms with van der Waals surface area (Å²) in [7, 11) is 0. The van der Waals surface area contributed by atoms with Gasteiger partial charge in [-0.1, -0.05) is 38.3 Å². The Balaban J connectivity index is 1.56. The number of likely N-dealkylation sites (tertiary alicyclic amines) is 1. The molecule has 1 amide bonds. The molecule has 5 nitrogen and oxygen atoms in total. The van der Waals surface area contributed by atoms with Crippen LogP contribution < -0.4 is 0 Å². The summed E-state index contributed by atoms with van der Waals surface area (Å²) in [5.41, 5.74) is -0.588. The van der Waals surface area contributed by atoms with E-state index >= 15 is 0 Å². The smallest absolute Gasteiger partial charge is 0.312 e. The topological polar surface area (TPSA) is 55.8 Å². The fourth-order valence-corrected chi connectivity index (χ4v) is 4.80. The Hall–Kier alpha value is -1.36. The summed E-state index contributed by atoms with van der Waals surface area (Å²) in [5.74, 6) is -1.02. The minimum Gasteiger partial charge on any atom is -0.465 e. The number of ether oxygens (including phenoxy) is 2. The van der Waals surface area contributed by atoms with Crippen LogP contribution in [-0.2, 0) is 19.1 Å². The normalized spacial score (nSPS) is 39.1. The molecule has 1 spiro atoms. The minimum absolute atomic E-state index is 0.0993. The number of carbonyl (C=O) groups is 2. The van der Waals surface area contributed by atoms with Crippen LogP contribution in [0.5, 0.6) is 0 Å². The molecule has 0 aromatic rings. The molecule has 2 saturated heterocycles. The largest absolute Gasteiger partial charge is 0.465 e. The van der Waals surface area contributed by atoms with Crippen LogP contribution in [0.25, 0.3) is 0 Å². The van der Waals surface area contributed by atoms with Crippen LogP contribution in [-0.4, -0.2) is 47.7 Å². The molecule has 5 heteroatoms. The summed E-state index contributed by atoms with van der Waals surface area (Å²) in [6.45, 7) is 2.98. The first-order valence-electron chi connectivity index (χ1n) is 9.00. The molecule has 0 aromatic carbocycles. The fourth-order valence-electron chi connectivity index (χ4n) is 4.80. The molecule has 0 aromatic heterocycles. The molecular weight excluding hydrogens is 294 g/mol. The molecule has 0 N–H and O–H groups in total. The maximum atomic E-state index is 13.1. The van der Waals surface area contributed by atoms with Gasteiger partial charge in [0.15, 0.2) is 0 Å². The van der Waals surface area contributed by atoms with E-state index in [0.29, 0.717) is 19.2 Å². The highest BCUT2D eigenvalue weighted by atomic mass is 16.6. The highest BCUT2D eigenvalue weighted by Gasteiger charge is 2.67. The molecule has 3 aliphatic heterocycles. The lowest BCUT2D eigenvalue weighted by molar-refractivity contribution is -0.154. The molecule has 1 saturated carbocycles. The van der Waals surface area contributed by atoms with Crippen molar-refractivity contribution in [3.8, 4) is 0 Å². The number of nitrogens with zero attached hydrogens (tertiary/aromatic N) is 1. The second-order valence-corrected chi connectivity index (χ2v) is 7.33. The van der Waals surface area contributed by atoms with E-state index in [4.69, 9.17) is 9.47 Å². The van der Waals surface area contributed by atoms with Crippen molar-refractivity contribution in [2.45, 2.75) is 63.2 Å². The zero-order valence-corrected chi connectivity index (χ0v) is 13.7.